The summed E-state index contributed by atoms with van der Waals surface area (Å²) in [4.78, 5) is 18.6. The van der Waals surface area contributed by atoms with E-state index >= 15 is 0 Å². The second kappa shape index (κ2) is 5.82. The molecule has 2 aromatic rings. The van der Waals surface area contributed by atoms with Gasteiger partial charge >= 0.3 is 5.69 Å². The van der Waals surface area contributed by atoms with Gasteiger partial charge in [-0.2, -0.15) is 4.98 Å². The van der Waals surface area contributed by atoms with E-state index in [4.69, 9.17) is 0 Å². The van der Waals surface area contributed by atoms with Crippen molar-refractivity contribution in [3.8, 4) is 11.3 Å². The van der Waals surface area contributed by atoms with E-state index in [1.807, 2.05) is 36.4 Å². The Balaban J connectivity index is 1.89. The molecule has 0 spiro atoms. The van der Waals surface area contributed by atoms with E-state index in [2.05, 4.69) is 9.97 Å². The van der Waals surface area contributed by atoms with Crippen molar-refractivity contribution in [2.24, 2.45) is 0 Å². The molecule has 0 amide bonds. The van der Waals surface area contributed by atoms with Gasteiger partial charge in [-0.25, -0.2) is 4.79 Å². The Morgan fingerprint density at radius 3 is 2.57 bits per heavy atom. The van der Waals surface area contributed by atoms with Crippen LogP contribution in [0, 0.1) is 0 Å². The number of aliphatic hydroxyl groups is 1. The Labute approximate surface area is 123 Å². The molecule has 1 heterocycles. The molecule has 3 rings (SSSR count). The van der Waals surface area contributed by atoms with E-state index in [1.54, 1.807) is 0 Å². The molecular formula is C17H20N2O2. The van der Waals surface area contributed by atoms with Gasteiger partial charge in [0.1, 0.15) is 0 Å². The molecule has 0 saturated heterocycles. The summed E-state index contributed by atoms with van der Waals surface area (Å²) in [5, 5.41) is 10.6. The number of benzene rings is 1. The lowest BCUT2D eigenvalue weighted by molar-refractivity contribution is 0.00362. The topological polar surface area (TPSA) is 66.0 Å². The molecule has 4 heteroatoms. The minimum absolute atomic E-state index is 0.356. The fourth-order valence-corrected chi connectivity index (χ4v) is 3.10. The van der Waals surface area contributed by atoms with Gasteiger partial charge in [-0.1, -0.05) is 49.6 Å². The van der Waals surface area contributed by atoms with Crippen LogP contribution in [-0.4, -0.2) is 20.7 Å². The Morgan fingerprint density at radius 2 is 1.86 bits per heavy atom. The molecule has 0 aliphatic heterocycles. The second-order valence-electron chi connectivity index (χ2n) is 5.92. The lowest BCUT2D eigenvalue weighted by Crippen LogP contribution is -2.34. The van der Waals surface area contributed by atoms with Crippen LogP contribution in [0.3, 0.4) is 0 Å². The van der Waals surface area contributed by atoms with Gasteiger partial charge in [0.2, 0.25) is 0 Å². The normalized spacial score (nSPS) is 17.6. The van der Waals surface area contributed by atoms with Gasteiger partial charge in [-0.05, 0) is 18.9 Å². The number of hydrogen-bond acceptors (Lipinski definition) is 3. The molecular weight excluding hydrogens is 264 g/mol. The first-order valence-electron chi connectivity index (χ1n) is 7.53. The summed E-state index contributed by atoms with van der Waals surface area (Å²) in [6.45, 7) is 0. The predicted molar refractivity (Wildman–Crippen MR) is 82.0 cm³/mol. The molecule has 2 N–H and O–H groups in total. The van der Waals surface area contributed by atoms with Crippen molar-refractivity contribution in [2.75, 3.05) is 0 Å². The van der Waals surface area contributed by atoms with E-state index in [0.29, 0.717) is 12.1 Å². The fourth-order valence-electron chi connectivity index (χ4n) is 3.10. The monoisotopic (exact) mass is 284 g/mol. The van der Waals surface area contributed by atoms with Gasteiger partial charge in [0, 0.05) is 17.7 Å². The summed E-state index contributed by atoms with van der Waals surface area (Å²) in [5.41, 5.74) is 1.30. The third kappa shape index (κ3) is 3.39. The highest BCUT2D eigenvalue weighted by molar-refractivity contribution is 5.58. The molecule has 0 bridgehead atoms. The zero-order chi connectivity index (χ0) is 14.7. The fraction of sp³-hybridized carbons (Fsp3) is 0.412. The number of aromatic nitrogens is 2. The molecule has 1 aliphatic rings. The summed E-state index contributed by atoms with van der Waals surface area (Å²) in [5.74, 6) is 0. The van der Waals surface area contributed by atoms with Crippen LogP contribution in [0.4, 0.5) is 0 Å². The molecule has 1 aliphatic carbocycles. The number of rotatable bonds is 3. The zero-order valence-corrected chi connectivity index (χ0v) is 12.0. The van der Waals surface area contributed by atoms with Gasteiger partial charge < -0.3 is 10.1 Å². The van der Waals surface area contributed by atoms with Gasteiger partial charge in [-0.3, -0.25) is 0 Å². The van der Waals surface area contributed by atoms with E-state index in [1.165, 1.54) is 6.42 Å². The summed E-state index contributed by atoms with van der Waals surface area (Å²) in [6.07, 6.45) is 5.39. The van der Waals surface area contributed by atoms with Crippen molar-refractivity contribution in [1.29, 1.82) is 0 Å². The Hall–Kier alpha value is -1.94. The van der Waals surface area contributed by atoms with Crippen molar-refractivity contribution in [2.45, 2.75) is 44.1 Å². The molecule has 1 saturated carbocycles. The summed E-state index contributed by atoms with van der Waals surface area (Å²) < 4.78 is 0. The van der Waals surface area contributed by atoms with Gasteiger partial charge in [0.15, 0.2) is 0 Å². The summed E-state index contributed by atoms with van der Waals surface area (Å²) in [7, 11) is 0. The SMILES string of the molecule is O=c1nc(-c2ccccc2)cc(CC2(O)CCCCC2)[nH]1. The molecule has 21 heavy (non-hydrogen) atoms. The maximum atomic E-state index is 11.8. The third-order valence-corrected chi connectivity index (χ3v) is 4.17. The van der Waals surface area contributed by atoms with Crippen molar-refractivity contribution in [3.63, 3.8) is 0 Å². The largest absolute Gasteiger partial charge is 0.389 e. The summed E-state index contributed by atoms with van der Waals surface area (Å²) >= 11 is 0. The van der Waals surface area contributed by atoms with Crippen LogP contribution in [0.1, 0.15) is 37.8 Å². The van der Waals surface area contributed by atoms with Crippen molar-refractivity contribution in [3.05, 3.63) is 52.6 Å². The molecule has 1 aromatic carbocycles. The number of nitrogens with one attached hydrogen (secondary N) is 1. The average Bonchev–Trinajstić information content (AvgIpc) is 2.48. The van der Waals surface area contributed by atoms with Crippen LogP contribution in [0.2, 0.25) is 0 Å². The first kappa shape index (κ1) is 14.0. The first-order chi connectivity index (χ1) is 10.1. The van der Waals surface area contributed by atoms with Crippen LogP contribution in [-0.2, 0) is 6.42 Å². The highest BCUT2D eigenvalue weighted by Gasteiger charge is 2.29. The van der Waals surface area contributed by atoms with Crippen molar-refractivity contribution < 1.29 is 5.11 Å². The van der Waals surface area contributed by atoms with Crippen LogP contribution in [0.15, 0.2) is 41.2 Å². The van der Waals surface area contributed by atoms with Crippen LogP contribution in [0.5, 0.6) is 0 Å². The predicted octanol–water partition coefficient (Wildman–Crippen LogP) is 2.67. The third-order valence-electron chi connectivity index (χ3n) is 4.17. The molecule has 0 unspecified atom stereocenters. The lowest BCUT2D eigenvalue weighted by Gasteiger charge is -2.31. The second-order valence-corrected chi connectivity index (χ2v) is 5.92. The quantitative estimate of drug-likeness (QED) is 0.910. The van der Waals surface area contributed by atoms with E-state index in [9.17, 15) is 9.90 Å². The Kier molecular flexibility index (Phi) is 3.88. The lowest BCUT2D eigenvalue weighted by atomic mass is 9.81. The molecule has 110 valence electrons. The van der Waals surface area contributed by atoms with Crippen LogP contribution < -0.4 is 5.69 Å². The first-order valence-corrected chi connectivity index (χ1v) is 7.53. The van der Waals surface area contributed by atoms with Crippen LogP contribution >= 0.6 is 0 Å². The summed E-state index contributed by atoms with van der Waals surface area (Å²) in [6, 6.07) is 11.5. The number of H-pyrrole nitrogens is 1. The smallest absolute Gasteiger partial charge is 0.345 e. The van der Waals surface area contributed by atoms with E-state index < -0.39 is 5.60 Å². The van der Waals surface area contributed by atoms with E-state index in [-0.39, 0.29) is 5.69 Å². The van der Waals surface area contributed by atoms with Gasteiger partial charge in [-0.15, -0.1) is 0 Å². The maximum absolute atomic E-state index is 11.8. The van der Waals surface area contributed by atoms with Gasteiger partial charge in [0.25, 0.3) is 0 Å². The highest BCUT2D eigenvalue weighted by Crippen LogP contribution is 2.31. The maximum Gasteiger partial charge on any atom is 0.345 e. The zero-order valence-electron chi connectivity index (χ0n) is 12.0. The number of nitrogens with zero attached hydrogens (tertiary/aromatic N) is 1. The minimum atomic E-state index is -0.684. The van der Waals surface area contributed by atoms with Crippen LogP contribution in [0.25, 0.3) is 11.3 Å². The van der Waals surface area contributed by atoms with Gasteiger partial charge in [0.05, 0.1) is 11.3 Å². The molecule has 4 nitrogen and oxygen atoms in total. The highest BCUT2D eigenvalue weighted by atomic mass is 16.3. The van der Waals surface area contributed by atoms with Crippen molar-refractivity contribution >= 4 is 0 Å². The molecule has 0 radical (unpaired) electrons. The van der Waals surface area contributed by atoms with Crippen molar-refractivity contribution in [1.82, 2.24) is 9.97 Å². The molecule has 0 atom stereocenters. The number of aromatic amines is 1. The average molecular weight is 284 g/mol. The Morgan fingerprint density at radius 1 is 1.14 bits per heavy atom. The minimum Gasteiger partial charge on any atom is -0.389 e. The molecule has 1 aromatic heterocycles. The Bertz CT molecular complexity index is 658. The number of hydrogen-bond donors (Lipinski definition) is 2. The molecule has 1 fully saturated rings. The standard InChI is InChI=1S/C17H20N2O2/c20-16-18-14(12-17(21)9-5-2-6-10-17)11-15(19-16)13-7-3-1-4-8-13/h1,3-4,7-8,11,21H,2,5-6,9-10,12H2,(H,18,19,20). The van der Waals surface area contributed by atoms with E-state index in [0.717, 1.165) is 36.9 Å².